The van der Waals surface area contributed by atoms with Gasteiger partial charge in [-0.1, -0.05) is 36.0 Å². The highest BCUT2D eigenvalue weighted by Crippen LogP contribution is 2.22. The number of anilines is 1. The van der Waals surface area contributed by atoms with Crippen molar-refractivity contribution in [1.29, 1.82) is 0 Å². The number of carbonyl (C=O) groups excluding carboxylic acids is 1. The van der Waals surface area contributed by atoms with Crippen LogP contribution < -0.4 is 10.9 Å². The van der Waals surface area contributed by atoms with Gasteiger partial charge in [-0.2, -0.15) is 0 Å². The van der Waals surface area contributed by atoms with Crippen LogP contribution in [-0.2, 0) is 4.79 Å². The van der Waals surface area contributed by atoms with Crippen LogP contribution in [0, 0.1) is 5.82 Å². The number of H-pyrrole nitrogens is 1. The second-order valence-electron chi connectivity index (χ2n) is 5.12. The predicted molar refractivity (Wildman–Crippen MR) is 92.7 cm³/mol. The van der Waals surface area contributed by atoms with Gasteiger partial charge in [-0.3, -0.25) is 9.59 Å². The van der Waals surface area contributed by atoms with Crippen molar-refractivity contribution < 1.29 is 9.18 Å². The van der Waals surface area contributed by atoms with Gasteiger partial charge in [0, 0.05) is 0 Å². The number of aromatic nitrogens is 2. The van der Waals surface area contributed by atoms with Crippen molar-refractivity contribution in [2.75, 3.05) is 5.32 Å². The average Bonchev–Trinajstić information content (AvgIpc) is 2.57. The van der Waals surface area contributed by atoms with Gasteiger partial charge in [0.15, 0.2) is 5.16 Å². The summed E-state index contributed by atoms with van der Waals surface area (Å²) < 4.78 is 13.6. The van der Waals surface area contributed by atoms with Gasteiger partial charge in [0.1, 0.15) is 5.82 Å². The van der Waals surface area contributed by atoms with Gasteiger partial charge in [0.2, 0.25) is 5.91 Å². The molecule has 0 spiro atoms. The van der Waals surface area contributed by atoms with Crippen molar-refractivity contribution in [3.05, 3.63) is 64.7 Å². The fraction of sp³-hybridized carbons (Fsp3) is 0.118. The number of thioether (sulfide) groups is 1. The smallest absolute Gasteiger partial charge is 0.259 e. The monoisotopic (exact) mass is 343 g/mol. The molecular formula is C17H14FN3O2S. The molecule has 1 aromatic heterocycles. The summed E-state index contributed by atoms with van der Waals surface area (Å²) in [5.41, 5.74) is 0.421. The van der Waals surface area contributed by atoms with Crippen LogP contribution in [0.5, 0.6) is 0 Å². The average molecular weight is 343 g/mol. The lowest BCUT2D eigenvalue weighted by molar-refractivity contribution is -0.115. The van der Waals surface area contributed by atoms with E-state index in [2.05, 4.69) is 15.3 Å². The number of carbonyl (C=O) groups is 1. The number of nitrogens with zero attached hydrogens (tertiary/aromatic N) is 1. The van der Waals surface area contributed by atoms with Gasteiger partial charge in [-0.05, 0) is 31.2 Å². The molecule has 0 aliphatic heterocycles. The van der Waals surface area contributed by atoms with E-state index in [0.29, 0.717) is 16.1 Å². The minimum atomic E-state index is -0.561. The third kappa shape index (κ3) is 3.46. The number of hydrogen-bond donors (Lipinski definition) is 2. The molecule has 3 rings (SSSR count). The summed E-state index contributed by atoms with van der Waals surface area (Å²) in [6.45, 7) is 1.66. The SMILES string of the molecule is CC(Sc1nc2ccccc2c(=O)[nH]1)C(=O)Nc1ccccc1F. The molecule has 1 heterocycles. The molecule has 7 heteroatoms. The zero-order valence-electron chi connectivity index (χ0n) is 12.7. The van der Waals surface area contributed by atoms with E-state index in [0.717, 1.165) is 11.8 Å². The molecule has 0 bridgehead atoms. The lowest BCUT2D eigenvalue weighted by Crippen LogP contribution is -2.23. The lowest BCUT2D eigenvalue weighted by atomic mass is 10.2. The summed E-state index contributed by atoms with van der Waals surface area (Å²) in [5, 5.41) is 2.80. The van der Waals surface area contributed by atoms with Gasteiger partial charge < -0.3 is 10.3 Å². The number of fused-ring (bicyclic) bond motifs is 1. The molecule has 0 aliphatic rings. The Kier molecular flexibility index (Phi) is 4.61. The molecule has 5 nitrogen and oxygen atoms in total. The van der Waals surface area contributed by atoms with Crippen LogP contribution in [0.1, 0.15) is 6.92 Å². The molecule has 0 saturated carbocycles. The molecule has 2 aromatic carbocycles. The van der Waals surface area contributed by atoms with E-state index >= 15 is 0 Å². The zero-order chi connectivity index (χ0) is 17.1. The van der Waals surface area contributed by atoms with Crippen LogP contribution in [0.4, 0.5) is 10.1 Å². The van der Waals surface area contributed by atoms with Crippen molar-refractivity contribution in [1.82, 2.24) is 9.97 Å². The Morgan fingerprint density at radius 2 is 1.92 bits per heavy atom. The van der Waals surface area contributed by atoms with Crippen molar-refractivity contribution in [2.24, 2.45) is 0 Å². The quantitative estimate of drug-likeness (QED) is 0.564. The number of hydrogen-bond acceptors (Lipinski definition) is 4. The summed E-state index contributed by atoms with van der Waals surface area (Å²) in [5.74, 6) is -0.874. The van der Waals surface area contributed by atoms with Gasteiger partial charge >= 0.3 is 0 Å². The molecule has 122 valence electrons. The zero-order valence-corrected chi connectivity index (χ0v) is 13.6. The third-order valence-electron chi connectivity index (χ3n) is 3.38. The Morgan fingerprint density at radius 1 is 1.21 bits per heavy atom. The lowest BCUT2D eigenvalue weighted by Gasteiger charge is -2.12. The number of benzene rings is 2. The maximum atomic E-state index is 13.6. The number of amides is 1. The Morgan fingerprint density at radius 3 is 2.71 bits per heavy atom. The molecule has 0 aliphatic carbocycles. The number of nitrogens with one attached hydrogen (secondary N) is 2. The highest BCUT2D eigenvalue weighted by molar-refractivity contribution is 8.00. The van der Waals surface area contributed by atoms with Gasteiger partial charge in [0.05, 0.1) is 21.8 Å². The summed E-state index contributed by atoms with van der Waals surface area (Å²) >= 11 is 1.10. The molecule has 2 N–H and O–H groups in total. The molecule has 1 amide bonds. The second-order valence-corrected chi connectivity index (χ2v) is 6.45. The van der Waals surface area contributed by atoms with E-state index in [1.807, 2.05) is 0 Å². The number of rotatable bonds is 4. The molecule has 1 unspecified atom stereocenters. The first-order valence-electron chi connectivity index (χ1n) is 7.25. The first kappa shape index (κ1) is 16.2. The predicted octanol–water partition coefficient (Wildman–Crippen LogP) is 3.18. The van der Waals surface area contributed by atoms with Gasteiger partial charge in [-0.15, -0.1) is 0 Å². The van der Waals surface area contributed by atoms with Crippen molar-refractivity contribution in [2.45, 2.75) is 17.3 Å². The van der Waals surface area contributed by atoms with E-state index in [1.54, 1.807) is 43.3 Å². The summed E-state index contributed by atoms with van der Waals surface area (Å²) in [6.07, 6.45) is 0. The van der Waals surface area contributed by atoms with Crippen LogP contribution in [0.25, 0.3) is 10.9 Å². The fourth-order valence-electron chi connectivity index (χ4n) is 2.14. The maximum Gasteiger partial charge on any atom is 0.259 e. The van der Waals surface area contributed by atoms with E-state index in [4.69, 9.17) is 0 Å². The second kappa shape index (κ2) is 6.84. The van der Waals surface area contributed by atoms with E-state index in [9.17, 15) is 14.0 Å². The maximum absolute atomic E-state index is 13.6. The summed E-state index contributed by atoms with van der Waals surface area (Å²) in [4.78, 5) is 31.2. The number of aromatic amines is 1. The summed E-state index contributed by atoms with van der Waals surface area (Å²) in [7, 11) is 0. The van der Waals surface area contributed by atoms with Gasteiger partial charge in [0.25, 0.3) is 5.56 Å². The molecule has 0 radical (unpaired) electrons. The molecule has 1 atom stereocenters. The normalized spacial score (nSPS) is 12.1. The Hall–Kier alpha value is -2.67. The van der Waals surface area contributed by atoms with Crippen LogP contribution in [0.15, 0.2) is 58.5 Å². The Labute approximate surface area is 141 Å². The van der Waals surface area contributed by atoms with E-state index in [-0.39, 0.29) is 17.2 Å². The molecule has 24 heavy (non-hydrogen) atoms. The first-order valence-corrected chi connectivity index (χ1v) is 8.13. The number of para-hydroxylation sites is 2. The van der Waals surface area contributed by atoms with Crippen molar-refractivity contribution in [3.8, 4) is 0 Å². The van der Waals surface area contributed by atoms with Crippen molar-refractivity contribution in [3.63, 3.8) is 0 Å². The minimum absolute atomic E-state index is 0.120. The fourth-order valence-corrected chi connectivity index (χ4v) is 2.94. The van der Waals surface area contributed by atoms with Crippen LogP contribution in [0.2, 0.25) is 0 Å². The Balaban J connectivity index is 1.77. The van der Waals surface area contributed by atoms with Crippen molar-refractivity contribution >= 4 is 34.3 Å². The highest BCUT2D eigenvalue weighted by atomic mass is 32.2. The van der Waals surface area contributed by atoms with E-state index < -0.39 is 11.1 Å². The number of halogens is 1. The topological polar surface area (TPSA) is 74.8 Å². The van der Waals surface area contributed by atoms with Crippen LogP contribution >= 0.6 is 11.8 Å². The molecule has 0 fully saturated rings. The van der Waals surface area contributed by atoms with Gasteiger partial charge in [-0.25, -0.2) is 9.37 Å². The molecule has 0 saturated heterocycles. The van der Waals surface area contributed by atoms with E-state index in [1.165, 1.54) is 12.1 Å². The third-order valence-corrected chi connectivity index (χ3v) is 4.36. The first-order chi connectivity index (χ1) is 11.5. The standard InChI is InChI=1S/C17H14FN3O2S/c1-10(15(22)19-14-9-5-3-7-12(14)18)24-17-20-13-8-4-2-6-11(13)16(23)21-17/h2-10H,1H3,(H,19,22)(H,20,21,23). The van der Waals surface area contributed by atoms with Crippen LogP contribution in [0.3, 0.4) is 0 Å². The largest absolute Gasteiger partial charge is 0.323 e. The Bertz CT molecular complexity index is 958. The van der Waals surface area contributed by atoms with Crippen LogP contribution in [-0.4, -0.2) is 21.1 Å². The molecule has 3 aromatic rings. The minimum Gasteiger partial charge on any atom is -0.323 e. The summed E-state index contributed by atoms with van der Waals surface area (Å²) in [6, 6.07) is 12.9. The molecular weight excluding hydrogens is 329 g/mol. The highest BCUT2D eigenvalue weighted by Gasteiger charge is 2.17.